The summed E-state index contributed by atoms with van der Waals surface area (Å²) in [5.74, 6) is 0. The van der Waals surface area contributed by atoms with Gasteiger partial charge in [-0.15, -0.1) is 0 Å². The van der Waals surface area contributed by atoms with Gasteiger partial charge in [-0.1, -0.05) is 13.3 Å². The van der Waals surface area contributed by atoms with Crippen LogP contribution in [0.3, 0.4) is 0 Å². The van der Waals surface area contributed by atoms with Gasteiger partial charge in [-0.3, -0.25) is 0 Å². The maximum atomic E-state index is 3.60. The molecule has 0 nitrogen and oxygen atoms in total. The largest absolute Gasteiger partial charge is 1.00 e. The van der Waals surface area contributed by atoms with Crippen LogP contribution in [0.15, 0.2) is 0 Å². The molecule has 0 saturated carbocycles. The summed E-state index contributed by atoms with van der Waals surface area (Å²) in [4.78, 5) is 0. The van der Waals surface area contributed by atoms with Gasteiger partial charge >= 0.3 is 51.4 Å². The number of hydrogen-bond acceptors (Lipinski definition) is 0. The average Bonchev–Trinajstić information content (AvgIpc) is 1.37. The Labute approximate surface area is 85.1 Å². The quantitative estimate of drug-likeness (QED) is 0.275. The van der Waals surface area contributed by atoms with E-state index in [0.29, 0.717) is 0 Å². The summed E-state index contributed by atoms with van der Waals surface area (Å²) in [6, 6.07) is 0. The van der Waals surface area contributed by atoms with Gasteiger partial charge < -0.3 is 6.92 Å². The van der Waals surface area contributed by atoms with Crippen molar-refractivity contribution in [1.29, 1.82) is 0 Å². The predicted molar refractivity (Wildman–Crippen MR) is 26.0 cm³/mol. The van der Waals surface area contributed by atoms with Crippen LogP contribution in [0.2, 0.25) is 0 Å². The molecule has 0 atom stereocenters. The van der Waals surface area contributed by atoms with Gasteiger partial charge in [0, 0.05) is 8.41 Å². The third-order valence-electron chi connectivity index (χ3n) is 0.354. The molecule has 0 aromatic carbocycles. The first-order chi connectivity index (χ1) is 1.91. The molecule has 0 N–H and O–H groups in total. The van der Waals surface area contributed by atoms with Crippen LogP contribution in [-0.2, 0) is 0 Å². The molecule has 0 aliphatic carbocycles. The molecule has 0 fully saturated rings. The SMILES string of the molecule is [B].[CH2-]CCC.[K+]. The van der Waals surface area contributed by atoms with Gasteiger partial charge in [0.25, 0.3) is 0 Å². The third kappa shape index (κ3) is 17.3. The van der Waals surface area contributed by atoms with E-state index in [0.717, 1.165) is 6.42 Å². The second kappa shape index (κ2) is 15.9. The van der Waals surface area contributed by atoms with Crippen molar-refractivity contribution in [3.05, 3.63) is 6.92 Å². The van der Waals surface area contributed by atoms with Crippen LogP contribution in [-0.4, -0.2) is 8.41 Å². The maximum absolute atomic E-state index is 3.60. The Morgan fingerprint density at radius 3 is 1.67 bits per heavy atom. The molecule has 0 bridgehead atoms. The molecule has 0 aromatic heterocycles. The predicted octanol–water partition coefficient (Wildman–Crippen LogP) is -1.76. The first-order valence-corrected chi connectivity index (χ1v) is 1.71. The van der Waals surface area contributed by atoms with E-state index in [1.165, 1.54) is 6.42 Å². The average molecular weight is 107 g/mol. The smallest absolute Gasteiger partial charge is 0.343 e. The van der Waals surface area contributed by atoms with Gasteiger partial charge in [0.15, 0.2) is 0 Å². The summed E-state index contributed by atoms with van der Waals surface area (Å²) in [5, 5.41) is 0. The van der Waals surface area contributed by atoms with Gasteiger partial charge in [-0.05, 0) is 0 Å². The molecule has 0 aliphatic rings. The van der Waals surface area contributed by atoms with Gasteiger partial charge in [-0.25, -0.2) is 0 Å². The molecule has 0 aliphatic heterocycles. The van der Waals surface area contributed by atoms with Gasteiger partial charge in [0.05, 0.1) is 0 Å². The zero-order valence-electron chi connectivity index (χ0n) is 4.70. The summed E-state index contributed by atoms with van der Waals surface area (Å²) >= 11 is 0. The molecular weight excluding hydrogens is 98.0 g/mol. The Hall–Kier alpha value is 1.70. The fraction of sp³-hybridized carbons (Fsp3) is 0.750. The second-order valence-corrected chi connectivity index (χ2v) is 0.854. The molecule has 0 amide bonds. The zero-order valence-corrected chi connectivity index (χ0v) is 7.82. The minimum Gasteiger partial charge on any atom is -0.343 e. The number of rotatable bonds is 1. The minimum atomic E-state index is 0. The van der Waals surface area contributed by atoms with Crippen molar-refractivity contribution >= 4 is 8.41 Å². The Kier molecular flexibility index (Phi) is 41.5. The summed E-state index contributed by atoms with van der Waals surface area (Å²) in [5.41, 5.74) is 0. The van der Waals surface area contributed by atoms with E-state index in [2.05, 4.69) is 13.8 Å². The summed E-state index contributed by atoms with van der Waals surface area (Å²) in [6.45, 7) is 5.72. The fourth-order valence-electron chi connectivity index (χ4n) is 0. The van der Waals surface area contributed by atoms with E-state index in [4.69, 9.17) is 0 Å². The molecular formula is C4H9BK. The number of unbranched alkanes of at least 4 members (excludes halogenated alkanes) is 1. The van der Waals surface area contributed by atoms with E-state index < -0.39 is 0 Å². The fourth-order valence-corrected chi connectivity index (χ4v) is 0. The molecule has 0 rings (SSSR count). The normalized spacial score (nSPS) is 5.00. The van der Waals surface area contributed by atoms with Crippen LogP contribution in [0.5, 0.6) is 0 Å². The Bertz CT molecular complexity index is 9.51. The van der Waals surface area contributed by atoms with E-state index >= 15 is 0 Å². The maximum Gasteiger partial charge on any atom is 1.00 e. The Morgan fingerprint density at radius 2 is 1.67 bits per heavy atom. The molecule has 6 heavy (non-hydrogen) atoms. The van der Waals surface area contributed by atoms with Crippen LogP contribution >= 0.6 is 0 Å². The summed E-state index contributed by atoms with van der Waals surface area (Å²) < 4.78 is 0. The van der Waals surface area contributed by atoms with E-state index in [1.54, 1.807) is 0 Å². The van der Waals surface area contributed by atoms with Gasteiger partial charge in [0.2, 0.25) is 0 Å². The topological polar surface area (TPSA) is 0 Å². The molecule has 3 radical (unpaired) electrons. The van der Waals surface area contributed by atoms with Crippen molar-refractivity contribution in [3.63, 3.8) is 0 Å². The Morgan fingerprint density at radius 1 is 1.50 bits per heavy atom. The number of hydrogen-bond donors (Lipinski definition) is 0. The third-order valence-corrected chi connectivity index (χ3v) is 0.354. The molecule has 29 valence electrons. The molecule has 0 unspecified atom stereocenters. The monoisotopic (exact) mass is 107 g/mol. The minimum absolute atomic E-state index is 0. The van der Waals surface area contributed by atoms with E-state index in [9.17, 15) is 0 Å². The van der Waals surface area contributed by atoms with Crippen molar-refractivity contribution in [2.24, 2.45) is 0 Å². The van der Waals surface area contributed by atoms with Crippen molar-refractivity contribution in [1.82, 2.24) is 0 Å². The van der Waals surface area contributed by atoms with Gasteiger partial charge in [-0.2, -0.15) is 6.42 Å². The Balaban J connectivity index is -0.0000000450. The van der Waals surface area contributed by atoms with Crippen molar-refractivity contribution in [2.45, 2.75) is 19.8 Å². The van der Waals surface area contributed by atoms with E-state index in [1.807, 2.05) is 0 Å². The van der Waals surface area contributed by atoms with Crippen LogP contribution in [0.1, 0.15) is 19.8 Å². The molecule has 0 spiro atoms. The first-order valence-electron chi connectivity index (χ1n) is 1.71. The van der Waals surface area contributed by atoms with Crippen molar-refractivity contribution in [3.8, 4) is 0 Å². The molecule has 2 heteroatoms. The van der Waals surface area contributed by atoms with E-state index in [-0.39, 0.29) is 59.8 Å². The molecule has 0 saturated heterocycles. The molecule has 0 heterocycles. The zero-order chi connectivity index (χ0) is 3.41. The summed E-state index contributed by atoms with van der Waals surface area (Å²) in [6.07, 6.45) is 2.28. The van der Waals surface area contributed by atoms with Crippen LogP contribution in [0.4, 0.5) is 0 Å². The first kappa shape index (κ1) is 15.6. The van der Waals surface area contributed by atoms with Crippen LogP contribution < -0.4 is 51.4 Å². The second-order valence-electron chi connectivity index (χ2n) is 0.854. The standard InChI is InChI=1S/C4H9.B.K/c1-3-4-2;;/h1,3-4H2,2H3;;/q-1;;+1. The van der Waals surface area contributed by atoms with Crippen molar-refractivity contribution in [2.75, 3.05) is 0 Å². The van der Waals surface area contributed by atoms with Crippen LogP contribution in [0, 0.1) is 6.92 Å². The molecule has 0 aromatic rings. The van der Waals surface area contributed by atoms with Crippen LogP contribution in [0.25, 0.3) is 0 Å². The summed E-state index contributed by atoms with van der Waals surface area (Å²) in [7, 11) is 0. The van der Waals surface area contributed by atoms with Gasteiger partial charge in [0.1, 0.15) is 0 Å². The van der Waals surface area contributed by atoms with Crippen molar-refractivity contribution < 1.29 is 51.4 Å².